The van der Waals surface area contributed by atoms with E-state index in [1.165, 1.54) is 43.8 Å². The Morgan fingerprint density at radius 2 is 0.955 bits per heavy atom. The molecule has 0 heterocycles. The Hall–Kier alpha value is -2.60. The summed E-state index contributed by atoms with van der Waals surface area (Å²) in [4.78, 5) is 0. The van der Waals surface area contributed by atoms with Crippen molar-refractivity contribution in [3.8, 4) is 0 Å². The van der Waals surface area contributed by atoms with Crippen molar-refractivity contribution in [3.05, 3.63) is 104 Å². The van der Waals surface area contributed by atoms with Gasteiger partial charge in [0.15, 0.2) is 0 Å². The highest BCUT2D eigenvalue weighted by Crippen LogP contribution is 2.20. The van der Waals surface area contributed by atoms with Gasteiger partial charge >= 0.3 is 0 Å². The predicted octanol–water partition coefficient (Wildman–Crippen LogP) is 3.15. The molecule has 0 heteroatoms. The van der Waals surface area contributed by atoms with Crippen LogP contribution < -0.4 is 10.4 Å². The first-order valence-corrected chi connectivity index (χ1v) is 7.88. The van der Waals surface area contributed by atoms with Crippen LogP contribution in [0.15, 0.2) is 60.7 Å². The fourth-order valence-electron chi connectivity index (χ4n) is 3.72. The zero-order valence-electron chi connectivity index (χ0n) is 12.3. The van der Waals surface area contributed by atoms with Crippen molar-refractivity contribution >= 4 is 12.2 Å². The largest absolute Gasteiger partial charge is 0.0619 e. The summed E-state index contributed by atoms with van der Waals surface area (Å²) in [6, 6.07) is 22.3. The summed E-state index contributed by atoms with van der Waals surface area (Å²) in [5.41, 5.74) is 8.52. The third-order valence-electron chi connectivity index (χ3n) is 4.90. The van der Waals surface area contributed by atoms with Gasteiger partial charge < -0.3 is 0 Å². The minimum atomic E-state index is 1.05. The molecule has 2 aliphatic carbocycles. The van der Waals surface area contributed by atoms with E-state index in [9.17, 15) is 0 Å². The lowest BCUT2D eigenvalue weighted by Crippen LogP contribution is -2.25. The number of rotatable bonds is 0. The summed E-state index contributed by atoms with van der Waals surface area (Å²) < 4.78 is 0. The molecule has 0 spiro atoms. The van der Waals surface area contributed by atoms with E-state index >= 15 is 0 Å². The molecule has 0 bridgehead atoms. The van der Waals surface area contributed by atoms with E-state index in [0.717, 1.165) is 12.8 Å². The maximum atomic E-state index is 2.40. The van der Waals surface area contributed by atoms with Gasteiger partial charge in [0, 0.05) is 0 Å². The molecule has 0 fully saturated rings. The Morgan fingerprint density at radius 1 is 0.500 bits per heavy atom. The van der Waals surface area contributed by atoms with Gasteiger partial charge in [-0.05, 0) is 68.8 Å². The van der Waals surface area contributed by atoms with Gasteiger partial charge in [0.05, 0.1) is 0 Å². The molecule has 0 nitrogen and oxygen atoms in total. The molecule has 0 saturated heterocycles. The van der Waals surface area contributed by atoms with Gasteiger partial charge in [-0.3, -0.25) is 0 Å². The first-order chi connectivity index (χ1) is 10.9. The van der Waals surface area contributed by atoms with Gasteiger partial charge in [0.25, 0.3) is 0 Å². The molecule has 3 aromatic rings. The van der Waals surface area contributed by atoms with Gasteiger partial charge in [-0.1, -0.05) is 60.7 Å². The van der Waals surface area contributed by atoms with Crippen LogP contribution in [0.1, 0.15) is 33.4 Å². The summed E-state index contributed by atoms with van der Waals surface area (Å²) in [5, 5.41) is 2.79. The molecule has 0 atom stereocenters. The highest BCUT2D eigenvalue weighted by atomic mass is 14.2. The predicted molar refractivity (Wildman–Crippen MR) is 91.3 cm³/mol. The van der Waals surface area contributed by atoms with Crippen LogP contribution in [0.4, 0.5) is 0 Å². The van der Waals surface area contributed by atoms with E-state index in [0.29, 0.717) is 0 Å². The number of benzene rings is 3. The molecule has 0 amide bonds. The summed E-state index contributed by atoms with van der Waals surface area (Å²) in [6.07, 6.45) is 6.78. The minimum absolute atomic E-state index is 1.05. The zero-order chi connectivity index (χ0) is 14.5. The van der Waals surface area contributed by atoms with Crippen LogP contribution >= 0.6 is 0 Å². The van der Waals surface area contributed by atoms with Gasteiger partial charge in [-0.2, -0.15) is 0 Å². The first kappa shape index (κ1) is 12.0. The summed E-state index contributed by atoms with van der Waals surface area (Å²) in [7, 11) is 0. The van der Waals surface area contributed by atoms with Crippen LogP contribution in [0.3, 0.4) is 0 Å². The van der Waals surface area contributed by atoms with E-state index in [1.54, 1.807) is 0 Å². The Balaban J connectivity index is 1.76. The third kappa shape index (κ3) is 1.77. The molecule has 3 aromatic carbocycles. The molecular weight excluding hydrogens is 264 g/mol. The molecule has 2 aliphatic rings. The second-order valence-electron chi connectivity index (χ2n) is 6.29. The van der Waals surface area contributed by atoms with Crippen LogP contribution in [0.25, 0.3) is 12.2 Å². The van der Waals surface area contributed by atoms with E-state index in [-0.39, 0.29) is 0 Å². The topological polar surface area (TPSA) is 0 Å². The van der Waals surface area contributed by atoms with Crippen LogP contribution in [0.2, 0.25) is 0 Å². The molecule has 104 valence electrons. The molecular formula is C22H16. The summed E-state index contributed by atoms with van der Waals surface area (Å²) in [5.74, 6) is 0. The van der Waals surface area contributed by atoms with Crippen molar-refractivity contribution in [3.63, 3.8) is 0 Å². The van der Waals surface area contributed by atoms with Crippen molar-refractivity contribution < 1.29 is 0 Å². The SMILES string of the molecule is C1=c2cc3c(cc2Cc2ccccc21)=Cc1ccccc1C3. The Bertz CT molecular complexity index is 937. The second kappa shape index (κ2) is 4.45. The van der Waals surface area contributed by atoms with Crippen molar-refractivity contribution in [2.75, 3.05) is 0 Å². The van der Waals surface area contributed by atoms with Crippen LogP contribution in [0.5, 0.6) is 0 Å². The zero-order valence-corrected chi connectivity index (χ0v) is 12.3. The Labute approximate surface area is 130 Å². The van der Waals surface area contributed by atoms with Gasteiger partial charge in [0.2, 0.25) is 0 Å². The molecule has 0 aromatic heterocycles. The fraction of sp³-hybridized carbons (Fsp3) is 0.0909. The average Bonchev–Trinajstić information content (AvgIpc) is 2.56. The Morgan fingerprint density at radius 3 is 1.45 bits per heavy atom. The molecule has 0 aliphatic heterocycles. The molecule has 0 radical (unpaired) electrons. The third-order valence-corrected chi connectivity index (χ3v) is 4.90. The monoisotopic (exact) mass is 280 g/mol. The summed E-state index contributed by atoms with van der Waals surface area (Å²) >= 11 is 0. The highest BCUT2D eigenvalue weighted by Gasteiger charge is 2.13. The lowest BCUT2D eigenvalue weighted by atomic mass is 9.87. The highest BCUT2D eigenvalue weighted by molar-refractivity contribution is 5.63. The van der Waals surface area contributed by atoms with Gasteiger partial charge in [-0.15, -0.1) is 0 Å². The van der Waals surface area contributed by atoms with Crippen LogP contribution in [-0.2, 0) is 12.8 Å². The molecule has 22 heavy (non-hydrogen) atoms. The van der Waals surface area contributed by atoms with Gasteiger partial charge in [0.1, 0.15) is 0 Å². The number of hydrogen-bond acceptors (Lipinski definition) is 0. The first-order valence-electron chi connectivity index (χ1n) is 7.88. The van der Waals surface area contributed by atoms with Crippen molar-refractivity contribution in [1.29, 1.82) is 0 Å². The van der Waals surface area contributed by atoms with Crippen molar-refractivity contribution in [2.45, 2.75) is 12.8 Å². The molecule has 5 rings (SSSR count). The average molecular weight is 280 g/mol. The van der Waals surface area contributed by atoms with E-state index in [4.69, 9.17) is 0 Å². The molecule has 0 unspecified atom stereocenters. The van der Waals surface area contributed by atoms with Crippen molar-refractivity contribution in [2.24, 2.45) is 0 Å². The summed E-state index contributed by atoms with van der Waals surface area (Å²) in [6.45, 7) is 0. The lowest BCUT2D eigenvalue weighted by Gasteiger charge is -2.18. The second-order valence-corrected chi connectivity index (χ2v) is 6.29. The fourth-order valence-corrected chi connectivity index (χ4v) is 3.72. The Kier molecular flexibility index (Phi) is 2.42. The molecule has 0 N–H and O–H groups in total. The van der Waals surface area contributed by atoms with E-state index in [1.807, 2.05) is 0 Å². The van der Waals surface area contributed by atoms with Gasteiger partial charge in [-0.25, -0.2) is 0 Å². The lowest BCUT2D eigenvalue weighted by molar-refractivity contribution is 1.08. The van der Waals surface area contributed by atoms with E-state index in [2.05, 4.69) is 72.8 Å². The normalized spacial score (nSPS) is 13.8. The number of fused-ring (bicyclic) bond motifs is 4. The quantitative estimate of drug-likeness (QED) is 0.409. The number of hydrogen-bond donors (Lipinski definition) is 0. The minimum Gasteiger partial charge on any atom is -0.0619 e. The maximum Gasteiger partial charge on any atom is -0.00137 e. The van der Waals surface area contributed by atoms with Crippen LogP contribution in [0, 0.1) is 0 Å². The van der Waals surface area contributed by atoms with E-state index < -0.39 is 0 Å². The maximum absolute atomic E-state index is 2.40. The van der Waals surface area contributed by atoms with Crippen molar-refractivity contribution in [1.82, 2.24) is 0 Å². The van der Waals surface area contributed by atoms with Crippen LogP contribution in [-0.4, -0.2) is 0 Å². The standard InChI is InChI=1S/C22H16/c1-2-6-16-10-20-14-22-12-18-8-4-3-7-17(18)11-21(22)13-19(20)9-15(16)5-1/h1-9,12-14H,10-11H2. The molecule has 0 saturated carbocycles. The smallest absolute Gasteiger partial charge is 0.00137 e.